The third-order valence-corrected chi connectivity index (χ3v) is 8.32. The first kappa shape index (κ1) is 34.5. The van der Waals surface area contributed by atoms with Crippen LogP contribution >= 0.6 is 54.5 Å². The molecule has 0 unspecified atom stereocenters. The van der Waals surface area contributed by atoms with Crippen molar-refractivity contribution in [2.24, 2.45) is 5.10 Å². The number of allylic oxidation sites excluding steroid dienone is 1. The van der Waals surface area contributed by atoms with Crippen molar-refractivity contribution in [1.82, 2.24) is 16.1 Å². The van der Waals surface area contributed by atoms with E-state index in [-0.39, 0.29) is 12.2 Å². The quantitative estimate of drug-likeness (QED) is 0.0547. The van der Waals surface area contributed by atoms with Gasteiger partial charge in [0.2, 0.25) is 0 Å². The molecule has 0 fully saturated rings. The van der Waals surface area contributed by atoms with Crippen molar-refractivity contribution in [2.45, 2.75) is 32.7 Å². The van der Waals surface area contributed by atoms with Crippen LogP contribution < -0.4 is 30.3 Å². The Hall–Kier alpha value is -3.34. The van der Waals surface area contributed by atoms with Crippen molar-refractivity contribution >= 4 is 72.7 Å². The fraction of sp³-hybridized carbons (Fsp3) is 0.258. The van der Waals surface area contributed by atoms with Crippen LogP contribution in [0.3, 0.4) is 0 Å². The van der Waals surface area contributed by atoms with Crippen LogP contribution in [0.25, 0.3) is 0 Å². The van der Waals surface area contributed by atoms with E-state index in [1.54, 1.807) is 31.3 Å². The summed E-state index contributed by atoms with van der Waals surface area (Å²) in [6.07, 6.45) is 0.420. The van der Waals surface area contributed by atoms with Crippen LogP contribution in [-0.2, 0) is 16.1 Å². The number of hydrogen-bond donors (Lipinski definition) is 4. The molecular weight excluding hydrogens is 827 g/mol. The molecule has 2 amide bonds. The number of aliphatic hydroxyl groups is 1. The predicted octanol–water partition coefficient (Wildman–Crippen LogP) is 5.92. The largest absolute Gasteiger partial charge is 0.490 e. The van der Waals surface area contributed by atoms with Crippen molar-refractivity contribution in [1.29, 1.82) is 0 Å². The van der Waals surface area contributed by atoms with Gasteiger partial charge < -0.3 is 34.7 Å². The average molecular weight is 858 g/mol. The lowest BCUT2D eigenvalue weighted by molar-refractivity contribution is -0.136. The summed E-state index contributed by atoms with van der Waals surface area (Å²) in [6, 6.07) is 15.6. The summed E-state index contributed by atoms with van der Waals surface area (Å²) in [7, 11) is 1.28. The predicted molar refractivity (Wildman–Crippen MR) is 184 cm³/mol. The smallest absolute Gasteiger partial charge is 0.337 e. The lowest BCUT2D eigenvalue weighted by atomic mass is 9.95. The molecule has 2 atom stereocenters. The van der Waals surface area contributed by atoms with E-state index in [1.165, 1.54) is 7.11 Å². The van der Waals surface area contributed by atoms with Crippen LogP contribution in [0, 0.1) is 3.57 Å². The van der Waals surface area contributed by atoms with E-state index < -0.39 is 24.3 Å². The van der Waals surface area contributed by atoms with E-state index in [0.29, 0.717) is 41.7 Å². The maximum absolute atomic E-state index is 12.4. The molecule has 0 radical (unpaired) electrons. The molecule has 4 N–H and O–H groups in total. The van der Waals surface area contributed by atoms with Gasteiger partial charge in [-0.25, -0.2) is 9.59 Å². The number of methoxy groups -OCH3 is 1. The van der Waals surface area contributed by atoms with Crippen LogP contribution in [0.5, 0.6) is 17.2 Å². The summed E-state index contributed by atoms with van der Waals surface area (Å²) < 4.78 is 25.1. The van der Waals surface area contributed by atoms with E-state index in [2.05, 4.69) is 75.6 Å². The molecule has 4 rings (SSSR count). The lowest BCUT2D eigenvalue weighted by Crippen LogP contribution is -2.45. The number of nitrogens with one attached hydrogen (secondary N) is 3. The van der Waals surface area contributed by atoms with E-state index in [9.17, 15) is 14.7 Å². The highest BCUT2D eigenvalue weighted by molar-refractivity contribution is 14.1. The number of hydrazone groups is 1. The Morgan fingerprint density at radius 3 is 2.47 bits per heavy atom. The fourth-order valence-corrected chi connectivity index (χ4v) is 6.16. The van der Waals surface area contributed by atoms with Gasteiger partial charge in [-0.1, -0.05) is 18.2 Å². The molecule has 1 aliphatic heterocycles. The summed E-state index contributed by atoms with van der Waals surface area (Å²) in [5.41, 5.74) is 5.71. The summed E-state index contributed by atoms with van der Waals surface area (Å²) in [4.78, 5) is 24.6. The van der Waals surface area contributed by atoms with Crippen LogP contribution in [0.15, 0.2) is 79.9 Å². The Kier molecular flexibility index (Phi) is 12.5. The molecule has 3 aromatic rings. The van der Waals surface area contributed by atoms with Crippen molar-refractivity contribution in [3.63, 3.8) is 0 Å². The lowest BCUT2D eigenvalue weighted by Gasteiger charge is -2.28. The Morgan fingerprint density at radius 1 is 1.09 bits per heavy atom. The summed E-state index contributed by atoms with van der Waals surface area (Å²) in [5.74, 6) is 0.831. The molecule has 0 bridgehead atoms. The molecule has 14 heteroatoms. The van der Waals surface area contributed by atoms with Crippen molar-refractivity contribution in [2.75, 3.05) is 20.3 Å². The molecule has 0 aliphatic carbocycles. The molecule has 0 spiro atoms. The Morgan fingerprint density at radius 2 is 1.80 bits per heavy atom. The first-order valence-electron chi connectivity index (χ1n) is 13.7. The number of aliphatic hydroxyl groups excluding tert-OH is 1. The van der Waals surface area contributed by atoms with Crippen LogP contribution in [-0.4, -0.2) is 49.9 Å². The number of carbonyl (C=O) groups excluding carboxylic acids is 2. The summed E-state index contributed by atoms with van der Waals surface area (Å²) in [6.45, 7) is 4.05. The van der Waals surface area contributed by atoms with Gasteiger partial charge in [0.25, 0.3) is 0 Å². The zero-order valence-corrected chi connectivity index (χ0v) is 29.9. The molecule has 3 aromatic carbocycles. The fourth-order valence-electron chi connectivity index (χ4n) is 4.35. The van der Waals surface area contributed by atoms with Gasteiger partial charge in [0.15, 0.2) is 17.7 Å². The SMILES string of the molecule is CCOc1cc([C@@H]2NC(=O)NC(C)=C2C(=O)OC)ccc1OC[C@H](O)N/N=C\c1cc(Br)c(OCc2ccc(I)cc2)c(Br)c1. The average Bonchev–Trinajstić information content (AvgIpc) is 3.00. The van der Waals surface area contributed by atoms with E-state index in [4.69, 9.17) is 18.9 Å². The van der Waals surface area contributed by atoms with Gasteiger partial charge in [0.1, 0.15) is 19.0 Å². The maximum Gasteiger partial charge on any atom is 0.337 e. The van der Waals surface area contributed by atoms with Gasteiger partial charge in [0.05, 0.1) is 40.5 Å². The third-order valence-electron chi connectivity index (χ3n) is 6.43. The van der Waals surface area contributed by atoms with Gasteiger partial charge in [-0.05, 0) is 121 Å². The number of benzene rings is 3. The zero-order valence-electron chi connectivity index (χ0n) is 24.5. The molecule has 1 aliphatic rings. The van der Waals surface area contributed by atoms with Gasteiger partial charge in [0, 0.05) is 9.27 Å². The first-order valence-corrected chi connectivity index (χ1v) is 16.3. The molecule has 45 heavy (non-hydrogen) atoms. The highest BCUT2D eigenvalue weighted by Gasteiger charge is 2.32. The van der Waals surface area contributed by atoms with Gasteiger partial charge in [-0.3, -0.25) is 5.43 Å². The number of urea groups is 1. The molecular formula is C31H31Br2IN4O7. The van der Waals surface area contributed by atoms with E-state index >= 15 is 0 Å². The Labute approximate surface area is 291 Å². The second kappa shape index (κ2) is 16.3. The standard InChI is InChI=1S/C31H31Br2IN4O7/c1-4-43-25-13-20(28-27(30(40)42-3)17(2)36-31(41)37-28)7-10-24(25)44-16-26(39)38-35-14-19-11-22(32)29(23(33)12-19)45-15-18-5-8-21(34)9-6-18/h5-14,26,28,38-39H,4,15-16H2,1-3H3,(H2,36,37,41)/b35-14-/t26-,28-/m0/s1. The number of amides is 2. The van der Waals surface area contributed by atoms with Gasteiger partial charge >= 0.3 is 12.0 Å². The molecule has 1 heterocycles. The highest BCUT2D eigenvalue weighted by Crippen LogP contribution is 2.36. The van der Waals surface area contributed by atoms with Crippen LogP contribution in [0.4, 0.5) is 4.79 Å². The number of ether oxygens (including phenoxy) is 4. The van der Waals surface area contributed by atoms with Crippen LogP contribution in [0.1, 0.15) is 36.6 Å². The van der Waals surface area contributed by atoms with E-state index in [1.807, 2.05) is 43.3 Å². The van der Waals surface area contributed by atoms with Crippen molar-refractivity contribution < 1.29 is 33.6 Å². The van der Waals surface area contributed by atoms with Crippen LogP contribution in [0.2, 0.25) is 0 Å². The van der Waals surface area contributed by atoms with Crippen molar-refractivity contribution in [3.8, 4) is 17.2 Å². The van der Waals surface area contributed by atoms with Gasteiger partial charge in [-0.15, -0.1) is 0 Å². The maximum atomic E-state index is 12.4. The molecule has 0 aromatic heterocycles. The third kappa shape index (κ3) is 9.34. The molecule has 0 saturated carbocycles. The summed E-state index contributed by atoms with van der Waals surface area (Å²) in [5, 5.41) is 19.9. The Balaban J connectivity index is 1.37. The number of halogens is 3. The molecule has 0 saturated heterocycles. The second-order valence-corrected chi connectivity index (χ2v) is 12.6. The van der Waals surface area contributed by atoms with Gasteiger partial charge in [-0.2, -0.15) is 5.10 Å². The highest BCUT2D eigenvalue weighted by atomic mass is 127. The minimum Gasteiger partial charge on any atom is -0.490 e. The number of nitrogens with zero attached hydrogens (tertiary/aromatic N) is 1. The molecule has 238 valence electrons. The number of carbonyl (C=O) groups is 2. The second-order valence-electron chi connectivity index (χ2n) is 9.64. The molecule has 11 nitrogen and oxygen atoms in total. The van der Waals surface area contributed by atoms with Crippen molar-refractivity contribution in [3.05, 3.63) is 95.1 Å². The number of rotatable bonds is 13. The monoisotopic (exact) mass is 856 g/mol. The minimum absolute atomic E-state index is 0.147. The normalized spacial score (nSPS) is 15.3. The topological polar surface area (TPSA) is 140 Å². The van der Waals surface area contributed by atoms with E-state index in [0.717, 1.165) is 23.6 Å². The minimum atomic E-state index is -1.14. The summed E-state index contributed by atoms with van der Waals surface area (Å²) >= 11 is 9.37. The first-order chi connectivity index (χ1) is 21.6. The number of hydrogen-bond acceptors (Lipinski definition) is 9. The Bertz CT molecular complexity index is 1580. The number of esters is 1. The zero-order chi connectivity index (χ0) is 32.5.